The third-order valence-corrected chi connectivity index (χ3v) is 0. The minimum atomic E-state index is 0. The molecule has 0 saturated carbocycles. The third kappa shape index (κ3) is 2740. The molecule has 0 aliphatic heterocycles. The molecule has 0 aromatic heterocycles. The average molecular weight is 215 g/mol. The molecule has 0 radical (unpaired) electrons. The number of nitrogens with zero attached hydrogens (tertiary/aromatic N) is 1. The summed E-state index contributed by atoms with van der Waals surface area (Å²) in [6.45, 7) is 0. The molecule has 0 aliphatic carbocycles. The van der Waals surface area contributed by atoms with E-state index in [4.69, 9.17) is 20.0 Å². The molecule has 0 amide bonds. The summed E-state index contributed by atoms with van der Waals surface area (Å²) in [6.07, 6.45) is 0. The number of hydrogen-bond donors (Lipinski definition) is 1. The summed E-state index contributed by atoms with van der Waals surface area (Å²) < 4.78 is 0. The van der Waals surface area contributed by atoms with E-state index in [9.17, 15) is 0 Å². The van der Waals surface area contributed by atoms with Gasteiger partial charge in [-0.3, -0.25) is 0 Å². The van der Waals surface area contributed by atoms with Crippen LogP contribution >= 0.6 is 0 Å². The third-order valence-electron chi connectivity index (χ3n) is 0. The Balaban J connectivity index is -0.00000000109. The van der Waals surface area contributed by atoms with Crippen molar-refractivity contribution in [3.05, 3.63) is 20.0 Å². The molecule has 6 nitrogen and oxygen atoms in total. The first kappa shape index (κ1) is 131. The van der Waals surface area contributed by atoms with E-state index in [-0.39, 0.29) is 96.1 Å². The fourth-order valence-electron chi connectivity index (χ4n) is 0. The van der Waals surface area contributed by atoms with Crippen LogP contribution in [-0.4, -0.2) is 0 Å². The number of rotatable bonds is 0. The molecule has 7 heteroatoms. The minimum Gasteiger partial charge on any atom is -1.00 e. The van der Waals surface area contributed by atoms with Gasteiger partial charge in [0.05, 0.1) is 0 Å². The molecule has 0 fully saturated rings. The largest absolute Gasteiger partial charge is 1.00 e. The van der Waals surface area contributed by atoms with Crippen molar-refractivity contribution in [1.82, 2.24) is 6.15 Å². The standard InChI is InChI=1S/5CH4.K.HNO2.H3N.O2.H/c;;;;;;2-1-3;;1-2;/h5*1H4;;(H,2,3);1H3;;/q;;;;;+1;;;;-1/p-1. The molecule has 0 rings (SSSR count). The van der Waals surface area contributed by atoms with E-state index in [2.05, 4.69) is 0 Å². The van der Waals surface area contributed by atoms with Crippen molar-refractivity contribution in [1.29, 1.82) is 0 Å². The molecule has 80 valence electrons. The Hall–Kier alpha value is 0.596. The van der Waals surface area contributed by atoms with Crippen molar-refractivity contribution in [2.75, 3.05) is 0 Å². The second-order valence-electron chi connectivity index (χ2n) is 0.0745. The van der Waals surface area contributed by atoms with Crippen molar-refractivity contribution >= 4 is 0 Å². The summed E-state index contributed by atoms with van der Waals surface area (Å²) in [4.78, 5) is 22.0. The molecule has 0 aliphatic rings. The zero-order valence-corrected chi connectivity index (χ0v) is 6.91. The molecule has 0 spiro atoms. The minimum absolute atomic E-state index is 0. The van der Waals surface area contributed by atoms with Gasteiger partial charge in [0.1, 0.15) is 0 Å². The first-order valence-electron chi connectivity index (χ1n) is 0.532. The molecule has 0 atom stereocenters. The second kappa shape index (κ2) is 511. The number of hydrogen-bond acceptors (Lipinski definition) is 6. The van der Waals surface area contributed by atoms with Crippen LogP contribution in [0.4, 0.5) is 0 Å². The molecule has 0 bridgehead atoms. The molecule has 0 unspecified atom stereocenters. The van der Waals surface area contributed by atoms with Crippen LogP contribution in [0.25, 0.3) is 0 Å². The van der Waals surface area contributed by atoms with E-state index in [1.165, 1.54) is 0 Å². The van der Waals surface area contributed by atoms with Gasteiger partial charge >= 0.3 is 51.4 Å². The Morgan fingerprint density at radius 1 is 0.917 bits per heavy atom. The van der Waals surface area contributed by atoms with Crippen LogP contribution in [0.3, 0.4) is 0 Å². The zero-order valence-electron chi connectivity index (χ0n) is 4.79. The van der Waals surface area contributed by atoms with E-state index in [1.807, 2.05) is 0 Å². The van der Waals surface area contributed by atoms with Gasteiger partial charge in [0, 0.05) is 9.93 Å². The van der Waals surface area contributed by atoms with Gasteiger partial charge in [-0.25, -0.2) is 0 Å². The first-order chi connectivity index (χ1) is 2.41. The summed E-state index contributed by atoms with van der Waals surface area (Å²) >= 11 is 0. The molecule has 3 N–H and O–H groups in total. The monoisotopic (exact) mass is 215 g/mol. The Labute approximate surface area is 120 Å². The predicted molar refractivity (Wildman–Crippen MR) is 55.7 cm³/mol. The smallest absolute Gasteiger partial charge is 1.00 e. The molecular formula is C5H24KN2O4-. The van der Waals surface area contributed by atoms with Crippen LogP contribution in [0, 0.1) is 20.0 Å². The topological polar surface area (TPSA) is 122 Å². The molecule has 0 aromatic carbocycles. The van der Waals surface area contributed by atoms with Crippen LogP contribution in [-0.2, 0) is 0 Å². The van der Waals surface area contributed by atoms with Crippen LogP contribution in [0.5, 0.6) is 0 Å². The van der Waals surface area contributed by atoms with Gasteiger partial charge in [-0.2, -0.15) is 0 Å². The Bertz CT molecular complexity index is 40.5. The normalized spacial score (nSPS) is 1.33. The van der Waals surface area contributed by atoms with E-state index >= 15 is 0 Å². The van der Waals surface area contributed by atoms with Crippen molar-refractivity contribution in [3.8, 4) is 0 Å². The van der Waals surface area contributed by atoms with Crippen LogP contribution < -0.4 is 57.5 Å². The summed E-state index contributed by atoms with van der Waals surface area (Å²) in [5.74, 6) is 0. The van der Waals surface area contributed by atoms with Crippen molar-refractivity contribution in [2.45, 2.75) is 37.1 Å². The first-order valence-corrected chi connectivity index (χ1v) is 0.532. The van der Waals surface area contributed by atoms with Crippen LogP contribution in [0.15, 0.2) is 5.34 Å². The van der Waals surface area contributed by atoms with Crippen LogP contribution in [0.2, 0.25) is 0 Å². The molecular weight excluding hydrogens is 191 g/mol. The van der Waals surface area contributed by atoms with Gasteiger partial charge in [0.2, 0.25) is 0 Å². The van der Waals surface area contributed by atoms with Crippen molar-refractivity contribution in [2.24, 2.45) is 5.34 Å². The van der Waals surface area contributed by atoms with E-state index in [0.29, 0.717) is 0 Å². The Morgan fingerprint density at radius 2 is 0.917 bits per heavy atom. The van der Waals surface area contributed by atoms with E-state index in [1.54, 1.807) is 0 Å². The molecule has 0 saturated heterocycles. The Morgan fingerprint density at radius 3 is 0.917 bits per heavy atom. The fourth-order valence-corrected chi connectivity index (χ4v) is 0. The van der Waals surface area contributed by atoms with Crippen molar-refractivity contribution < 1.29 is 52.8 Å². The maximum absolute atomic E-state index is 8.00. The fraction of sp³-hybridized carbons (Fsp3) is 1.00. The average Bonchev–Trinajstić information content (AvgIpc) is 1.46. The van der Waals surface area contributed by atoms with Crippen molar-refractivity contribution in [3.63, 3.8) is 0 Å². The summed E-state index contributed by atoms with van der Waals surface area (Å²) in [7, 11) is 0. The van der Waals surface area contributed by atoms with E-state index < -0.39 is 0 Å². The maximum Gasteiger partial charge on any atom is 1.00 e. The van der Waals surface area contributed by atoms with Gasteiger partial charge < -0.3 is 17.7 Å². The summed E-state index contributed by atoms with van der Waals surface area (Å²) in [5, 5.41) is 9.00. The second-order valence-corrected chi connectivity index (χ2v) is 0.0745. The predicted octanol–water partition coefficient (Wildman–Crippen LogP) is 0.777. The van der Waals surface area contributed by atoms with Gasteiger partial charge in [-0.15, -0.1) is 5.34 Å². The van der Waals surface area contributed by atoms with E-state index in [0.717, 1.165) is 5.34 Å². The summed E-state index contributed by atoms with van der Waals surface area (Å²) in [5.41, 5.74) is 0. The van der Waals surface area contributed by atoms with Gasteiger partial charge in [-0.1, -0.05) is 37.1 Å². The maximum atomic E-state index is 8.00. The molecule has 0 aromatic rings. The summed E-state index contributed by atoms with van der Waals surface area (Å²) in [6, 6.07) is 0. The Kier molecular flexibility index (Phi) is 5580. The molecule has 12 heavy (non-hydrogen) atoms. The van der Waals surface area contributed by atoms with Gasteiger partial charge in [0.25, 0.3) is 0 Å². The molecule has 0 heterocycles. The zero-order chi connectivity index (χ0) is 4.71. The van der Waals surface area contributed by atoms with Gasteiger partial charge in [-0.05, 0) is 0 Å². The SMILES string of the molecule is C.C.C.C.C.N.O=N[O-].O=O.[H-].[K+]. The van der Waals surface area contributed by atoms with Crippen LogP contribution in [0.1, 0.15) is 38.6 Å². The quantitative estimate of drug-likeness (QED) is 0.363. The van der Waals surface area contributed by atoms with Gasteiger partial charge in [0.15, 0.2) is 0 Å².